The van der Waals surface area contributed by atoms with Gasteiger partial charge in [-0.05, 0) is 23.8 Å². The van der Waals surface area contributed by atoms with Gasteiger partial charge in [-0.15, -0.1) is 0 Å². The summed E-state index contributed by atoms with van der Waals surface area (Å²) in [5.41, 5.74) is 6.85. The molecule has 15 heavy (non-hydrogen) atoms. The molecule has 1 rings (SSSR count). The molecule has 1 fully saturated rings. The van der Waals surface area contributed by atoms with Gasteiger partial charge in [0, 0.05) is 18.6 Å². The zero-order valence-electron chi connectivity index (χ0n) is 11.5. The Kier molecular flexibility index (Phi) is 3.24. The highest BCUT2D eigenvalue weighted by Gasteiger charge is 2.50. The summed E-state index contributed by atoms with van der Waals surface area (Å²) in [4.78, 5) is 2.49. The molecular weight excluding hydrogens is 184 g/mol. The number of nitrogens with two attached hydrogens (primary N) is 1. The number of nitrogens with zero attached hydrogens (tertiary/aromatic N) is 1. The van der Waals surface area contributed by atoms with Crippen molar-refractivity contribution >= 4 is 0 Å². The van der Waals surface area contributed by atoms with Gasteiger partial charge >= 0.3 is 0 Å². The number of likely N-dealkylation sites (tertiary alicyclic amines) is 1. The highest BCUT2D eigenvalue weighted by atomic mass is 15.2. The van der Waals surface area contributed by atoms with E-state index >= 15 is 0 Å². The molecular formula is C13H28N2. The van der Waals surface area contributed by atoms with Crippen molar-refractivity contribution in [2.75, 3.05) is 13.6 Å². The molecule has 2 heteroatoms. The molecule has 0 aromatic heterocycles. The minimum absolute atomic E-state index is 0.185. The van der Waals surface area contributed by atoms with Crippen LogP contribution in [0.2, 0.25) is 0 Å². The Balaban J connectivity index is 3.04. The lowest BCUT2D eigenvalue weighted by atomic mass is 9.61. The minimum Gasteiger partial charge on any atom is -0.327 e. The summed E-state index contributed by atoms with van der Waals surface area (Å²) in [6.07, 6.45) is 0. The second-order valence-corrected chi connectivity index (χ2v) is 6.89. The average Bonchev–Trinajstić information content (AvgIpc) is 1.98. The first-order chi connectivity index (χ1) is 6.60. The Morgan fingerprint density at radius 2 is 1.67 bits per heavy atom. The Morgan fingerprint density at radius 3 is 2.07 bits per heavy atom. The van der Waals surface area contributed by atoms with E-state index in [9.17, 15) is 0 Å². The lowest BCUT2D eigenvalue weighted by molar-refractivity contribution is -0.0560. The maximum Gasteiger partial charge on any atom is 0.0182 e. The van der Waals surface area contributed by atoms with Gasteiger partial charge in [-0.3, -0.25) is 0 Å². The van der Waals surface area contributed by atoms with Crippen LogP contribution < -0.4 is 5.73 Å². The predicted octanol–water partition coefficient (Wildman–Crippen LogP) is 2.34. The molecule has 1 heterocycles. The molecule has 2 atom stereocenters. The number of rotatable bonds is 1. The molecule has 1 aliphatic rings. The third-order valence-corrected chi connectivity index (χ3v) is 4.17. The van der Waals surface area contributed by atoms with Crippen LogP contribution in [0.15, 0.2) is 0 Å². The van der Waals surface area contributed by atoms with Crippen molar-refractivity contribution in [1.82, 2.24) is 4.90 Å². The molecule has 0 aromatic rings. The van der Waals surface area contributed by atoms with E-state index in [1.807, 2.05) is 0 Å². The van der Waals surface area contributed by atoms with Gasteiger partial charge in [0.1, 0.15) is 0 Å². The van der Waals surface area contributed by atoms with Crippen LogP contribution in [0.1, 0.15) is 41.5 Å². The van der Waals surface area contributed by atoms with Crippen molar-refractivity contribution < 1.29 is 0 Å². The van der Waals surface area contributed by atoms with Gasteiger partial charge in [0.25, 0.3) is 0 Å². The van der Waals surface area contributed by atoms with Gasteiger partial charge in [-0.2, -0.15) is 0 Å². The van der Waals surface area contributed by atoms with E-state index in [0.29, 0.717) is 12.0 Å². The topological polar surface area (TPSA) is 29.3 Å². The molecule has 0 saturated carbocycles. The zero-order chi connectivity index (χ0) is 12.0. The molecule has 1 saturated heterocycles. The molecule has 0 spiro atoms. The maximum atomic E-state index is 6.45. The van der Waals surface area contributed by atoms with Crippen LogP contribution in [-0.4, -0.2) is 30.6 Å². The maximum absolute atomic E-state index is 6.45. The van der Waals surface area contributed by atoms with E-state index in [1.165, 1.54) is 0 Å². The SMILES string of the molecule is CC(C)C1N(C)CC(C)(C)C(N)C1(C)C. The summed E-state index contributed by atoms with van der Waals surface area (Å²) >= 11 is 0. The van der Waals surface area contributed by atoms with E-state index in [0.717, 1.165) is 6.54 Å². The summed E-state index contributed by atoms with van der Waals surface area (Å²) < 4.78 is 0. The van der Waals surface area contributed by atoms with Gasteiger partial charge in [0.05, 0.1) is 0 Å². The van der Waals surface area contributed by atoms with E-state index in [1.54, 1.807) is 0 Å². The van der Waals surface area contributed by atoms with Crippen LogP contribution in [0.5, 0.6) is 0 Å². The first-order valence-electron chi connectivity index (χ1n) is 6.06. The van der Waals surface area contributed by atoms with Crippen molar-refractivity contribution in [2.24, 2.45) is 22.5 Å². The first kappa shape index (κ1) is 13.0. The lowest BCUT2D eigenvalue weighted by Gasteiger charge is -2.57. The van der Waals surface area contributed by atoms with Crippen LogP contribution in [0.25, 0.3) is 0 Å². The van der Waals surface area contributed by atoms with Crippen molar-refractivity contribution in [3.05, 3.63) is 0 Å². The largest absolute Gasteiger partial charge is 0.327 e. The molecule has 0 aromatic carbocycles. The normalized spacial score (nSPS) is 35.8. The Hall–Kier alpha value is -0.0800. The van der Waals surface area contributed by atoms with Crippen LogP contribution in [0.4, 0.5) is 0 Å². The average molecular weight is 212 g/mol. The molecule has 0 aliphatic carbocycles. The molecule has 0 bridgehead atoms. The van der Waals surface area contributed by atoms with E-state index in [-0.39, 0.29) is 16.9 Å². The Morgan fingerprint density at radius 1 is 1.20 bits per heavy atom. The third-order valence-electron chi connectivity index (χ3n) is 4.17. The monoisotopic (exact) mass is 212 g/mol. The third kappa shape index (κ3) is 2.07. The van der Waals surface area contributed by atoms with Crippen molar-refractivity contribution in [3.63, 3.8) is 0 Å². The molecule has 2 N–H and O–H groups in total. The van der Waals surface area contributed by atoms with Crippen molar-refractivity contribution in [1.29, 1.82) is 0 Å². The second kappa shape index (κ2) is 3.74. The van der Waals surface area contributed by atoms with Crippen LogP contribution in [0.3, 0.4) is 0 Å². The molecule has 90 valence electrons. The molecule has 0 radical (unpaired) electrons. The summed E-state index contributed by atoms with van der Waals surface area (Å²) in [7, 11) is 2.24. The second-order valence-electron chi connectivity index (χ2n) is 6.89. The molecule has 1 aliphatic heterocycles. The fourth-order valence-corrected chi connectivity index (χ4v) is 3.97. The molecule has 2 unspecified atom stereocenters. The van der Waals surface area contributed by atoms with E-state index in [4.69, 9.17) is 5.73 Å². The highest BCUT2D eigenvalue weighted by molar-refractivity contribution is 5.05. The number of piperidine rings is 1. The van der Waals surface area contributed by atoms with Gasteiger partial charge in [0.15, 0.2) is 0 Å². The summed E-state index contributed by atoms with van der Waals surface area (Å²) in [5, 5.41) is 0. The standard InChI is InChI=1S/C13H28N2/c1-9(2)10-13(5,6)11(14)12(3,4)8-15(10)7/h9-11H,8,14H2,1-7H3. The summed E-state index contributed by atoms with van der Waals surface area (Å²) in [5.74, 6) is 0.659. The van der Waals surface area contributed by atoms with E-state index in [2.05, 4.69) is 53.5 Å². The zero-order valence-corrected chi connectivity index (χ0v) is 11.5. The number of hydrogen-bond acceptors (Lipinski definition) is 2. The summed E-state index contributed by atoms with van der Waals surface area (Å²) in [6.45, 7) is 14.9. The van der Waals surface area contributed by atoms with Crippen LogP contribution in [0, 0.1) is 16.7 Å². The van der Waals surface area contributed by atoms with E-state index < -0.39 is 0 Å². The van der Waals surface area contributed by atoms with Gasteiger partial charge in [0.2, 0.25) is 0 Å². The Bertz CT molecular complexity index is 231. The quantitative estimate of drug-likeness (QED) is 0.723. The van der Waals surface area contributed by atoms with Gasteiger partial charge in [-0.25, -0.2) is 0 Å². The molecule has 0 amide bonds. The van der Waals surface area contributed by atoms with Gasteiger partial charge < -0.3 is 10.6 Å². The van der Waals surface area contributed by atoms with Crippen LogP contribution >= 0.6 is 0 Å². The smallest absolute Gasteiger partial charge is 0.0182 e. The summed E-state index contributed by atoms with van der Waals surface area (Å²) in [6, 6.07) is 0.856. The van der Waals surface area contributed by atoms with Crippen LogP contribution in [-0.2, 0) is 0 Å². The van der Waals surface area contributed by atoms with Crippen molar-refractivity contribution in [2.45, 2.75) is 53.6 Å². The molecule has 2 nitrogen and oxygen atoms in total. The van der Waals surface area contributed by atoms with Crippen molar-refractivity contribution in [3.8, 4) is 0 Å². The number of hydrogen-bond donors (Lipinski definition) is 1. The highest BCUT2D eigenvalue weighted by Crippen LogP contribution is 2.44. The lowest BCUT2D eigenvalue weighted by Crippen LogP contribution is -2.67. The minimum atomic E-state index is 0.185. The fraction of sp³-hybridized carbons (Fsp3) is 1.00. The predicted molar refractivity (Wildman–Crippen MR) is 66.8 cm³/mol. The fourth-order valence-electron chi connectivity index (χ4n) is 3.97. The van der Waals surface area contributed by atoms with Gasteiger partial charge in [-0.1, -0.05) is 41.5 Å². The first-order valence-corrected chi connectivity index (χ1v) is 6.06. The Labute approximate surface area is 95.2 Å².